The first kappa shape index (κ1) is 34.3. The molecule has 0 unspecified atom stereocenters. The van der Waals surface area contributed by atoms with Crippen LogP contribution in [-0.2, 0) is 32.2 Å². The number of alkyl halides is 3. The van der Waals surface area contributed by atoms with Crippen LogP contribution in [-0.4, -0.2) is 71.6 Å². The summed E-state index contributed by atoms with van der Waals surface area (Å²) in [5.74, 6) is 0.108. The van der Waals surface area contributed by atoms with Crippen LogP contribution in [0.5, 0.6) is 0 Å². The van der Waals surface area contributed by atoms with Crippen molar-refractivity contribution in [3.05, 3.63) is 77.5 Å². The standard InChI is InChI=1S/C34H37F3N6O5S/c1-23-17-31(43(40-23)25-11-15-41(16-12-25)32(45)48-21-24-7-3-2-4-8-24)42-20-27(18-26(42)19-30(44)39-33(22-38)13-14-33)49(46,47)29-10-6-5-9-28(29)34(35,36)37/h2-10,17,25-27H,11-16,18-21H2,1H3,(H,39,44)/t26-,27+/m0/s1. The van der Waals surface area contributed by atoms with E-state index in [0.717, 1.165) is 23.8 Å². The number of hydrogen-bond acceptors (Lipinski definition) is 8. The second kappa shape index (κ2) is 13.4. The SMILES string of the molecule is Cc1cc(N2C[C@H](S(=O)(=O)c3ccccc3C(F)(F)F)C[C@H]2CC(=O)NC2(C#N)CC2)n(C2CCN(C(=O)OCc3ccccc3)CC2)n1. The number of ether oxygens (including phenoxy) is 1. The molecule has 2 saturated heterocycles. The molecule has 1 aromatic heterocycles. The predicted octanol–water partition coefficient (Wildman–Crippen LogP) is 5.17. The van der Waals surface area contributed by atoms with Gasteiger partial charge in [0.15, 0.2) is 9.84 Å². The van der Waals surface area contributed by atoms with Crippen molar-refractivity contribution in [3.63, 3.8) is 0 Å². The fourth-order valence-corrected chi connectivity index (χ4v) is 8.66. The Hall–Kier alpha value is -4.58. The van der Waals surface area contributed by atoms with Gasteiger partial charge < -0.3 is 19.9 Å². The zero-order chi connectivity index (χ0) is 35.0. The highest BCUT2D eigenvalue weighted by molar-refractivity contribution is 7.92. The van der Waals surface area contributed by atoms with Gasteiger partial charge in [-0.15, -0.1) is 0 Å². The maximum absolute atomic E-state index is 13.9. The number of carbonyl (C=O) groups is 2. The second-order valence-corrected chi connectivity index (χ2v) is 15.2. The van der Waals surface area contributed by atoms with Gasteiger partial charge in [0.1, 0.15) is 18.0 Å². The zero-order valence-electron chi connectivity index (χ0n) is 26.9. The van der Waals surface area contributed by atoms with Gasteiger partial charge in [-0.05, 0) is 56.7 Å². The van der Waals surface area contributed by atoms with E-state index in [1.807, 2.05) is 30.3 Å². The number of halogens is 3. The summed E-state index contributed by atoms with van der Waals surface area (Å²) in [6, 6.07) is 16.5. The lowest BCUT2D eigenvalue weighted by Gasteiger charge is -2.34. The number of likely N-dealkylation sites (tertiary alicyclic amines) is 1. The lowest BCUT2D eigenvalue weighted by molar-refractivity contribution is -0.139. The molecule has 15 heteroatoms. The van der Waals surface area contributed by atoms with Crippen molar-refractivity contribution in [2.45, 2.75) is 86.0 Å². The maximum atomic E-state index is 13.9. The van der Waals surface area contributed by atoms with Gasteiger partial charge >= 0.3 is 12.3 Å². The predicted molar refractivity (Wildman–Crippen MR) is 172 cm³/mol. The molecule has 2 aliphatic heterocycles. The first-order valence-corrected chi connectivity index (χ1v) is 17.7. The van der Waals surface area contributed by atoms with E-state index in [1.54, 1.807) is 27.5 Å². The Morgan fingerprint density at radius 1 is 1.08 bits per heavy atom. The Kier molecular flexibility index (Phi) is 9.36. The molecule has 3 heterocycles. The summed E-state index contributed by atoms with van der Waals surface area (Å²) in [6.45, 7) is 2.56. The Bertz CT molecular complexity index is 1850. The summed E-state index contributed by atoms with van der Waals surface area (Å²) in [5.41, 5.74) is -0.662. The third kappa shape index (κ3) is 7.39. The molecule has 260 valence electrons. The Labute approximate surface area is 282 Å². The molecular weight excluding hydrogens is 661 g/mol. The number of nitriles is 1. The zero-order valence-corrected chi connectivity index (χ0v) is 27.7. The highest BCUT2D eigenvalue weighted by Gasteiger charge is 2.48. The van der Waals surface area contributed by atoms with Crippen molar-refractivity contribution in [1.82, 2.24) is 20.0 Å². The first-order chi connectivity index (χ1) is 23.3. The number of aryl methyl sites for hydroxylation is 1. The van der Waals surface area contributed by atoms with E-state index in [-0.39, 0.29) is 32.0 Å². The molecule has 1 N–H and O–H groups in total. The molecule has 2 aromatic carbocycles. The summed E-state index contributed by atoms with van der Waals surface area (Å²) >= 11 is 0. The molecule has 11 nitrogen and oxygen atoms in total. The van der Waals surface area contributed by atoms with Crippen LogP contribution in [0, 0.1) is 18.3 Å². The van der Waals surface area contributed by atoms with Crippen LogP contribution in [0.3, 0.4) is 0 Å². The third-order valence-electron chi connectivity index (χ3n) is 9.48. The van der Waals surface area contributed by atoms with E-state index in [2.05, 4.69) is 11.4 Å². The monoisotopic (exact) mass is 698 g/mol. The highest BCUT2D eigenvalue weighted by atomic mass is 32.2. The smallest absolute Gasteiger partial charge is 0.417 e. The maximum Gasteiger partial charge on any atom is 0.417 e. The molecule has 3 aromatic rings. The van der Waals surface area contributed by atoms with Crippen molar-refractivity contribution in [3.8, 4) is 6.07 Å². The average Bonchev–Trinajstić information content (AvgIpc) is 3.55. The summed E-state index contributed by atoms with van der Waals surface area (Å²) in [4.78, 5) is 28.6. The van der Waals surface area contributed by atoms with Gasteiger partial charge in [-0.25, -0.2) is 17.9 Å². The Morgan fingerprint density at radius 2 is 1.76 bits per heavy atom. The minimum atomic E-state index is -4.88. The molecule has 49 heavy (non-hydrogen) atoms. The van der Waals surface area contributed by atoms with Gasteiger partial charge in [0.05, 0.1) is 33.5 Å². The lowest BCUT2D eigenvalue weighted by Crippen LogP contribution is -2.42. The third-order valence-corrected chi connectivity index (χ3v) is 11.7. The van der Waals surface area contributed by atoms with E-state index in [4.69, 9.17) is 9.84 Å². The number of nitrogens with one attached hydrogen (secondary N) is 1. The van der Waals surface area contributed by atoms with E-state index < -0.39 is 55.3 Å². The largest absolute Gasteiger partial charge is 0.445 e. The number of nitrogens with zero attached hydrogens (tertiary/aromatic N) is 5. The first-order valence-electron chi connectivity index (χ1n) is 16.2. The molecule has 0 bridgehead atoms. The van der Waals surface area contributed by atoms with E-state index in [0.29, 0.717) is 50.3 Å². The van der Waals surface area contributed by atoms with Crippen molar-refractivity contribution in [1.29, 1.82) is 5.26 Å². The molecule has 3 aliphatic rings. The Morgan fingerprint density at radius 3 is 2.41 bits per heavy atom. The number of anilines is 1. The van der Waals surface area contributed by atoms with E-state index >= 15 is 0 Å². The fraction of sp³-hybridized carbons (Fsp3) is 0.471. The fourth-order valence-electron chi connectivity index (χ4n) is 6.71. The van der Waals surface area contributed by atoms with E-state index in [1.165, 1.54) is 6.07 Å². The summed E-state index contributed by atoms with van der Waals surface area (Å²) < 4.78 is 76.8. The van der Waals surface area contributed by atoms with Gasteiger partial charge in [0, 0.05) is 38.2 Å². The van der Waals surface area contributed by atoms with Crippen LogP contribution < -0.4 is 10.2 Å². The summed E-state index contributed by atoms with van der Waals surface area (Å²) in [5, 5.41) is 15.7. The number of sulfone groups is 1. The molecular formula is C34H37F3N6O5S. The molecule has 0 spiro atoms. The van der Waals surface area contributed by atoms with Crippen molar-refractivity contribution < 1.29 is 35.9 Å². The van der Waals surface area contributed by atoms with Crippen LogP contribution in [0.4, 0.5) is 23.8 Å². The van der Waals surface area contributed by atoms with Crippen molar-refractivity contribution in [2.75, 3.05) is 24.5 Å². The second-order valence-electron chi connectivity index (χ2n) is 13.0. The summed E-state index contributed by atoms with van der Waals surface area (Å²) in [7, 11) is -4.50. The molecule has 1 aliphatic carbocycles. The minimum absolute atomic E-state index is 0.0998. The molecule has 6 rings (SSSR count). The van der Waals surface area contributed by atoms with Crippen molar-refractivity contribution in [2.24, 2.45) is 0 Å². The van der Waals surface area contributed by atoms with Gasteiger partial charge in [0.25, 0.3) is 0 Å². The molecule has 1 saturated carbocycles. The minimum Gasteiger partial charge on any atom is -0.445 e. The van der Waals surface area contributed by atoms with Gasteiger partial charge in [0.2, 0.25) is 5.91 Å². The number of hydrogen-bond donors (Lipinski definition) is 1. The Balaban J connectivity index is 1.23. The van der Waals surface area contributed by atoms with Gasteiger partial charge in [-0.3, -0.25) is 4.79 Å². The molecule has 0 radical (unpaired) electrons. The number of rotatable bonds is 9. The van der Waals surface area contributed by atoms with Crippen LogP contribution >= 0.6 is 0 Å². The number of benzene rings is 2. The van der Waals surface area contributed by atoms with E-state index in [9.17, 15) is 36.4 Å². The number of amides is 2. The van der Waals surface area contributed by atoms with Crippen molar-refractivity contribution >= 4 is 27.7 Å². The average molecular weight is 699 g/mol. The molecule has 2 atom stereocenters. The molecule has 2 amide bonds. The van der Waals surface area contributed by atoms with Crippen LogP contribution in [0.2, 0.25) is 0 Å². The number of piperidine rings is 1. The number of aromatic nitrogens is 2. The number of carbonyl (C=O) groups excluding carboxylic acids is 2. The van der Waals surface area contributed by atoms with Crippen LogP contribution in [0.25, 0.3) is 0 Å². The molecule has 3 fully saturated rings. The van der Waals surface area contributed by atoms with Crippen LogP contribution in [0.1, 0.15) is 61.4 Å². The topological polar surface area (TPSA) is 138 Å². The summed E-state index contributed by atoms with van der Waals surface area (Å²) in [6.07, 6.45) is -3.49. The normalized spacial score (nSPS) is 20.9. The lowest BCUT2D eigenvalue weighted by atomic mass is 10.1. The quantitative estimate of drug-likeness (QED) is 0.323. The highest BCUT2D eigenvalue weighted by Crippen LogP contribution is 2.41. The van der Waals surface area contributed by atoms with Gasteiger partial charge in [-0.2, -0.15) is 23.5 Å². The van der Waals surface area contributed by atoms with Crippen LogP contribution in [0.15, 0.2) is 65.6 Å². The van der Waals surface area contributed by atoms with Gasteiger partial charge in [-0.1, -0.05) is 42.5 Å².